The molecule has 0 saturated heterocycles. The molecule has 3 heteroatoms. The van der Waals surface area contributed by atoms with Gasteiger partial charge >= 0.3 is 0 Å². The zero-order valence-corrected chi connectivity index (χ0v) is 21.7. The van der Waals surface area contributed by atoms with Crippen LogP contribution in [0.25, 0.3) is 22.0 Å². The second kappa shape index (κ2) is 12.3. The number of fused-ring (bicyclic) bond motifs is 1. The third-order valence-electron chi connectivity index (χ3n) is 6.82. The van der Waals surface area contributed by atoms with E-state index in [2.05, 4.69) is 72.9 Å². The van der Waals surface area contributed by atoms with E-state index in [1.54, 1.807) is 6.92 Å². The van der Waals surface area contributed by atoms with Gasteiger partial charge < -0.3 is 5.32 Å². The molecular formula is C33H36N2O. The van der Waals surface area contributed by atoms with Gasteiger partial charge in [-0.3, -0.25) is 9.78 Å². The van der Waals surface area contributed by atoms with Crippen molar-refractivity contribution in [1.29, 1.82) is 0 Å². The number of Topliss-reactive ketones (excluding diaryl/α,β-unsaturated/α-hetero) is 1. The van der Waals surface area contributed by atoms with E-state index in [4.69, 9.17) is 4.98 Å². The Kier molecular flexibility index (Phi) is 8.67. The molecule has 1 aromatic heterocycles. The van der Waals surface area contributed by atoms with E-state index < -0.39 is 0 Å². The second-order valence-corrected chi connectivity index (χ2v) is 9.30. The van der Waals surface area contributed by atoms with Crippen LogP contribution < -0.4 is 5.32 Å². The molecule has 1 N–H and O–H groups in total. The van der Waals surface area contributed by atoms with Crippen molar-refractivity contribution in [2.24, 2.45) is 0 Å². The molecule has 0 fully saturated rings. The Morgan fingerprint density at radius 2 is 1.72 bits per heavy atom. The Morgan fingerprint density at radius 1 is 0.917 bits per heavy atom. The van der Waals surface area contributed by atoms with Crippen LogP contribution in [0, 0.1) is 0 Å². The molecule has 0 aliphatic rings. The molecule has 0 aliphatic carbocycles. The molecule has 3 nitrogen and oxygen atoms in total. The van der Waals surface area contributed by atoms with Crippen LogP contribution in [0.1, 0.15) is 60.7 Å². The zero-order valence-electron chi connectivity index (χ0n) is 21.7. The average Bonchev–Trinajstić information content (AvgIpc) is 2.90. The number of aryl methyl sites for hydroxylation is 3. The molecule has 0 unspecified atom stereocenters. The van der Waals surface area contributed by atoms with E-state index in [-0.39, 0.29) is 5.78 Å². The molecule has 184 valence electrons. The maximum atomic E-state index is 11.9. The predicted molar refractivity (Wildman–Crippen MR) is 153 cm³/mol. The number of aromatic nitrogens is 1. The lowest BCUT2D eigenvalue weighted by Crippen LogP contribution is -2.00. The van der Waals surface area contributed by atoms with Crippen molar-refractivity contribution in [2.75, 3.05) is 11.9 Å². The third kappa shape index (κ3) is 6.09. The zero-order chi connectivity index (χ0) is 25.3. The van der Waals surface area contributed by atoms with Crippen molar-refractivity contribution in [2.45, 2.75) is 52.9 Å². The van der Waals surface area contributed by atoms with E-state index in [9.17, 15) is 4.79 Å². The number of hydrogen-bond donors (Lipinski definition) is 1. The first-order valence-corrected chi connectivity index (χ1v) is 13.1. The lowest BCUT2D eigenvalue weighted by molar-refractivity contribution is 0.101. The number of pyridine rings is 1. The van der Waals surface area contributed by atoms with Gasteiger partial charge in [0.2, 0.25) is 0 Å². The van der Waals surface area contributed by atoms with E-state index in [0.717, 1.165) is 61.0 Å². The summed E-state index contributed by atoms with van der Waals surface area (Å²) < 4.78 is 0. The van der Waals surface area contributed by atoms with Crippen molar-refractivity contribution in [3.63, 3.8) is 0 Å². The lowest BCUT2D eigenvalue weighted by atomic mass is 9.93. The Labute approximate surface area is 215 Å². The number of hydrogen-bond acceptors (Lipinski definition) is 3. The SMILES string of the molecule is C/C=C\CNc1cccc(-c2ccnc3cc(CCCCc4ccccc4C(C)=O)c(CC)cc23)c1. The fraction of sp³-hybridized carbons (Fsp3) is 0.273. The summed E-state index contributed by atoms with van der Waals surface area (Å²) in [7, 11) is 0. The van der Waals surface area contributed by atoms with Gasteiger partial charge in [0.15, 0.2) is 5.78 Å². The maximum Gasteiger partial charge on any atom is 0.160 e. The number of rotatable bonds is 11. The normalized spacial score (nSPS) is 11.3. The number of anilines is 1. The highest BCUT2D eigenvalue weighted by atomic mass is 16.1. The maximum absolute atomic E-state index is 11.9. The highest BCUT2D eigenvalue weighted by Gasteiger charge is 2.11. The van der Waals surface area contributed by atoms with Crippen LogP contribution >= 0.6 is 0 Å². The number of carbonyl (C=O) groups is 1. The minimum Gasteiger partial charge on any atom is -0.382 e. The highest BCUT2D eigenvalue weighted by molar-refractivity contribution is 5.96. The Balaban J connectivity index is 1.53. The minimum absolute atomic E-state index is 0.148. The molecule has 0 spiro atoms. The summed E-state index contributed by atoms with van der Waals surface area (Å²) in [5.74, 6) is 0.148. The first-order chi connectivity index (χ1) is 17.6. The molecule has 0 aliphatic heterocycles. The molecule has 0 bridgehead atoms. The third-order valence-corrected chi connectivity index (χ3v) is 6.82. The number of allylic oxidation sites excluding steroid dienone is 1. The first kappa shape index (κ1) is 25.4. The highest BCUT2D eigenvalue weighted by Crippen LogP contribution is 2.32. The van der Waals surface area contributed by atoms with Crippen LogP contribution in [0.3, 0.4) is 0 Å². The number of unbranched alkanes of at least 4 members (excludes halogenated alkanes) is 1. The minimum atomic E-state index is 0.148. The number of nitrogens with zero attached hydrogens (tertiary/aromatic N) is 1. The van der Waals surface area contributed by atoms with Gasteiger partial charge in [0, 0.05) is 29.4 Å². The van der Waals surface area contributed by atoms with Crippen molar-refractivity contribution < 1.29 is 4.79 Å². The topological polar surface area (TPSA) is 42.0 Å². The first-order valence-electron chi connectivity index (χ1n) is 13.1. The van der Waals surface area contributed by atoms with Gasteiger partial charge in [-0.2, -0.15) is 0 Å². The molecule has 36 heavy (non-hydrogen) atoms. The standard InChI is InChI=1S/C33H36N2O/c1-4-6-19-34-29-16-11-15-28(21-29)31-18-20-35-33-23-27(25(5-2)22-32(31)33)14-8-7-12-26-13-9-10-17-30(26)24(3)36/h4,6,9-11,13,15-18,20-23,34H,5,7-8,12,14,19H2,1-3H3/b6-4-. The van der Waals surface area contributed by atoms with Gasteiger partial charge in [-0.25, -0.2) is 0 Å². The summed E-state index contributed by atoms with van der Waals surface area (Å²) in [5.41, 5.74) is 9.38. The summed E-state index contributed by atoms with van der Waals surface area (Å²) >= 11 is 0. The summed E-state index contributed by atoms with van der Waals surface area (Å²) in [6.07, 6.45) is 11.2. The Bertz CT molecular complexity index is 1370. The van der Waals surface area contributed by atoms with Crippen LogP contribution in [-0.4, -0.2) is 17.3 Å². The van der Waals surface area contributed by atoms with Crippen molar-refractivity contribution in [1.82, 2.24) is 4.98 Å². The van der Waals surface area contributed by atoms with Crippen LogP contribution in [0.4, 0.5) is 5.69 Å². The van der Waals surface area contributed by atoms with Crippen molar-refractivity contribution in [3.8, 4) is 11.1 Å². The molecule has 0 saturated carbocycles. The molecular weight excluding hydrogens is 440 g/mol. The predicted octanol–water partition coefficient (Wildman–Crippen LogP) is 8.22. The lowest BCUT2D eigenvalue weighted by Gasteiger charge is -2.14. The van der Waals surface area contributed by atoms with Gasteiger partial charge in [-0.05, 0) is 104 Å². The van der Waals surface area contributed by atoms with Crippen molar-refractivity contribution >= 4 is 22.4 Å². The molecule has 4 aromatic rings. The largest absolute Gasteiger partial charge is 0.382 e. The average molecular weight is 477 g/mol. The summed E-state index contributed by atoms with van der Waals surface area (Å²) in [6.45, 7) is 6.74. The van der Waals surface area contributed by atoms with E-state index >= 15 is 0 Å². The second-order valence-electron chi connectivity index (χ2n) is 9.30. The van der Waals surface area contributed by atoms with Crippen molar-refractivity contribution in [3.05, 3.63) is 107 Å². The molecule has 0 radical (unpaired) electrons. The number of carbonyl (C=O) groups excluding carboxylic acids is 1. The van der Waals surface area contributed by atoms with Crippen LogP contribution in [0.15, 0.2) is 85.1 Å². The molecule has 0 atom stereocenters. The molecule has 4 rings (SSSR count). The van der Waals surface area contributed by atoms with Gasteiger partial charge in [0.25, 0.3) is 0 Å². The molecule has 0 amide bonds. The number of benzene rings is 3. The van der Waals surface area contributed by atoms with Crippen LogP contribution in [0.5, 0.6) is 0 Å². The summed E-state index contributed by atoms with van der Waals surface area (Å²) in [4.78, 5) is 16.7. The summed E-state index contributed by atoms with van der Waals surface area (Å²) in [5, 5.41) is 4.67. The molecule has 1 heterocycles. The Morgan fingerprint density at radius 3 is 2.50 bits per heavy atom. The quantitative estimate of drug-likeness (QED) is 0.135. The van der Waals surface area contributed by atoms with E-state index in [1.807, 2.05) is 31.3 Å². The van der Waals surface area contributed by atoms with Crippen LogP contribution in [0.2, 0.25) is 0 Å². The monoisotopic (exact) mass is 476 g/mol. The van der Waals surface area contributed by atoms with Gasteiger partial charge in [-0.1, -0.05) is 55.5 Å². The van der Waals surface area contributed by atoms with Gasteiger partial charge in [0.05, 0.1) is 5.52 Å². The fourth-order valence-corrected chi connectivity index (χ4v) is 4.90. The fourth-order valence-electron chi connectivity index (χ4n) is 4.90. The van der Waals surface area contributed by atoms with E-state index in [0.29, 0.717) is 0 Å². The summed E-state index contributed by atoms with van der Waals surface area (Å²) in [6, 6.07) is 23.4. The van der Waals surface area contributed by atoms with Gasteiger partial charge in [0.1, 0.15) is 0 Å². The number of ketones is 1. The van der Waals surface area contributed by atoms with Gasteiger partial charge in [-0.15, -0.1) is 0 Å². The Hall–Kier alpha value is -3.72. The number of nitrogens with one attached hydrogen (secondary N) is 1. The smallest absolute Gasteiger partial charge is 0.160 e. The van der Waals surface area contributed by atoms with Crippen LogP contribution in [-0.2, 0) is 19.3 Å². The van der Waals surface area contributed by atoms with E-state index in [1.165, 1.54) is 27.6 Å². The molecule has 3 aromatic carbocycles.